The normalized spacial score (nSPS) is 18.3. The number of likely N-dealkylation sites (tertiary alicyclic amines) is 1. The van der Waals surface area contributed by atoms with E-state index in [1.54, 1.807) is 0 Å². The van der Waals surface area contributed by atoms with Gasteiger partial charge in [-0.1, -0.05) is 30.3 Å². The molecule has 5 nitrogen and oxygen atoms in total. The van der Waals surface area contributed by atoms with Crippen molar-refractivity contribution in [1.82, 2.24) is 19.6 Å². The van der Waals surface area contributed by atoms with Gasteiger partial charge in [0.25, 0.3) is 0 Å². The van der Waals surface area contributed by atoms with Crippen LogP contribution < -0.4 is 0 Å². The maximum atomic E-state index is 12.5. The van der Waals surface area contributed by atoms with Crippen LogP contribution in [0, 0.1) is 0 Å². The second-order valence-electron chi connectivity index (χ2n) is 6.31. The zero-order valence-corrected chi connectivity index (χ0v) is 13.9. The molecule has 23 heavy (non-hydrogen) atoms. The van der Waals surface area contributed by atoms with E-state index in [2.05, 4.69) is 28.3 Å². The molecule has 1 aromatic heterocycles. The summed E-state index contributed by atoms with van der Waals surface area (Å²) in [5.74, 6) is 0.171. The number of likely N-dealkylation sites (N-methyl/N-ethyl adjacent to an activating group) is 1. The van der Waals surface area contributed by atoms with Gasteiger partial charge >= 0.3 is 0 Å². The molecule has 0 radical (unpaired) electrons. The highest BCUT2D eigenvalue weighted by Gasteiger charge is 2.29. The number of benzene rings is 1. The molecule has 0 aliphatic carbocycles. The number of carbonyl (C=O) groups excluding carboxylic acids is 1. The van der Waals surface area contributed by atoms with Crippen molar-refractivity contribution < 1.29 is 4.79 Å². The minimum absolute atomic E-state index is 0.171. The first-order chi connectivity index (χ1) is 11.1. The molecule has 3 rings (SSSR count). The molecule has 0 saturated carbocycles. The molecule has 1 fully saturated rings. The minimum atomic E-state index is 0.171. The first-order valence-electron chi connectivity index (χ1n) is 8.14. The van der Waals surface area contributed by atoms with Gasteiger partial charge in [-0.2, -0.15) is 5.10 Å². The average molecular weight is 312 g/mol. The Labute approximate surface area is 137 Å². The van der Waals surface area contributed by atoms with Crippen LogP contribution in [0.4, 0.5) is 0 Å². The molecule has 1 unspecified atom stereocenters. The summed E-state index contributed by atoms with van der Waals surface area (Å²) in [5, 5.41) is 4.26. The fourth-order valence-corrected chi connectivity index (χ4v) is 3.24. The van der Waals surface area contributed by atoms with E-state index in [1.807, 2.05) is 48.1 Å². The second kappa shape index (κ2) is 6.96. The second-order valence-corrected chi connectivity index (χ2v) is 6.31. The lowest BCUT2D eigenvalue weighted by atomic mass is 10.1. The number of rotatable bonds is 5. The van der Waals surface area contributed by atoms with Crippen molar-refractivity contribution in [3.05, 3.63) is 53.9 Å². The fourth-order valence-electron chi connectivity index (χ4n) is 3.24. The van der Waals surface area contributed by atoms with E-state index >= 15 is 0 Å². The van der Waals surface area contributed by atoms with Gasteiger partial charge in [-0.3, -0.25) is 14.4 Å². The van der Waals surface area contributed by atoms with E-state index in [0.717, 1.165) is 24.9 Å². The molecule has 1 atom stereocenters. The largest absolute Gasteiger partial charge is 0.340 e. The van der Waals surface area contributed by atoms with Gasteiger partial charge in [0.1, 0.15) is 0 Å². The Hall–Kier alpha value is -2.14. The van der Waals surface area contributed by atoms with Crippen LogP contribution in [0.3, 0.4) is 0 Å². The van der Waals surface area contributed by atoms with Crippen LogP contribution in [-0.2, 0) is 18.4 Å². The summed E-state index contributed by atoms with van der Waals surface area (Å²) in [7, 11) is 3.81. The Kier molecular flexibility index (Phi) is 4.76. The first-order valence-corrected chi connectivity index (χ1v) is 8.14. The Balaban J connectivity index is 1.60. The number of hydrogen-bond acceptors (Lipinski definition) is 3. The third-order valence-electron chi connectivity index (χ3n) is 4.50. The zero-order valence-electron chi connectivity index (χ0n) is 13.9. The van der Waals surface area contributed by atoms with Crippen molar-refractivity contribution in [2.75, 3.05) is 20.1 Å². The molecule has 1 aliphatic heterocycles. The minimum Gasteiger partial charge on any atom is -0.340 e. The summed E-state index contributed by atoms with van der Waals surface area (Å²) in [6.45, 7) is 2.11. The molecule has 2 heterocycles. The van der Waals surface area contributed by atoms with Crippen LogP contribution in [0.25, 0.3) is 0 Å². The highest BCUT2D eigenvalue weighted by Crippen LogP contribution is 2.31. The maximum absolute atomic E-state index is 12.5. The van der Waals surface area contributed by atoms with Gasteiger partial charge in [0.15, 0.2) is 0 Å². The van der Waals surface area contributed by atoms with Crippen LogP contribution >= 0.6 is 0 Å². The smallest absolute Gasteiger partial charge is 0.236 e. The number of nitrogens with zero attached hydrogens (tertiary/aromatic N) is 4. The summed E-state index contributed by atoms with van der Waals surface area (Å²) in [5.41, 5.74) is 2.37. The Morgan fingerprint density at radius 2 is 2.13 bits per heavy atom. The van der Waals surface area contributed by atoms with Crippen molar-refractivity contribution in [2.45, 2.75) is 25.4 Å². The predicted molar refractivity (Wildman–Crippen MR) is 89.7 cm³/mol. The van der Waals surface area contributed by atoms with Crippen LogP contribution in [0.5, 0.6) is 0 Å². The third-order valence-corrected chi connectivity index (χ3v) is 4.50. The quantitative estimate of drug-likeness (QED) is 0.850. The van der Waals surface area contributed by atoms with Crippen molar-refractivity contribution in [2.24, 2.45) is 7.05 Å². The van der Waals surface area contributed by atoms with E-state index in [9.17, 15) is 4.79 Å². The summed E-state index contributed by atoms with van der Waals surface area (Å²) < 4.78 is 1.83. The van der Waals surface area contributed by atoms with E-state index < -0.39 is 0 Å². The van der Waals surface area contributed by atoms with Crippen molar-refractivity contribution >= 4 is 5.91 Å². The SMILES string of the molecule is CN(Cc1ccccc1)C(=O)CN1CCCC1c1cnn(C)c1. The molecule has 1 aliphatic rings. The standard InChI is InChI=1S/C18H24N4O/c1-20(12-15-7-4-3-5-8-15)18(23)14-22-10-6-9-17(22)16-11-19-21(2)13-16/h3-5,7-8,11,13,17H,6,9-10,12,14H2,1-2H3. The molecular formula is C18H24N4O. The van der Waals surface area contributed by atoms with Crippen molar-refractivity contribution in [3.63, 3.8) is 0 Å². The van der Waals surface area contributed by atoms with Crippen LogP contribution in [0.2, 0.25) is 0 Å². The van der Waals surface area contributed by atoms with Gasteiger partial charge < -0.3 is 4.90 Å². The lowest BCUT2D eigenvalue weighted by molar-refractivity contribution is -0.131. The molecule has 0 bridgehead atoms. The molecule has 1 aromatic carbocycles. The topological polar surface area (TPSA) is 41.4 Å². The van der Waals surface area contributed by atoms with Crippen LogP contribution in [0.15, 0.2) is 42.7 Å². The Bertz CT molecular complexity index is 652. The Morgan fingerprint density at radius 3 is 2.83 bits per heavy atom. The third kappa shape index (κ3) is 3.79. The lowest BCUT2D eigenvalue weighted by Crippen LogP contribution is -2.37. The van der Waals surface area contributed by atoms with Crippen molar-refractivity contribution in [1.29, 1.82) is 0 Å². The molecule has 5 heteroatoms. The number of aromatic nitrogens is 2. The van der Waals surface area contributed by atoms with E-state index in [-0.39, 0.29) is 5.91 Å². The lowest BCUT2D eigenvalue weighted by Gasteiger charge is -2.26. The molecule has 2 aromatic rings. The average Bonchev–Trinajstić information content (AvgIpc) is 3.17. The number of amides is 1. The molecule has 0 spiro atoms. The molecule has 1 amide bonds. The molecule has 122 valence electrons. The summed E-state index contributed by atoms with van der Waals surface area (Å²) in [6.07, 6.45) is 6.21. The van der Waals surface area contributed by atoms with E-state index in [0.29, 0.717) is 19.1 Å². The van der Waals surface area contributed by atoms with Gasteiger partial charge in [-0.05, 0) is 24.9 Å². The van der Waals surface area contributed by atoms with Crippen molar-refractivity contribution in [3.8, 4) is 0 Å². The predicted octanol–water partition coefficient (Wildman–Crippen LogP) is 2.22. The highest BCUT2D eigenvalue weighted by molar-refractivity contribution is 5.78. The van der Waals surface area contributed by atoms with Gasteiger partial charge in [-0.15, -0.1) is 0 Å². The molecular weight excluding hydrogens is 288 g/mol. The van der Waals surface area contributed by atoms with E-state index in [1.165, 1.54) is 5.56 Å². The van der Waals surface area contributed by atoms with Crippen LogP contribution in [0.1, 0.15) is 30.0 Å². The van der Waals surface area contributed by atoms with Gasteiger partial charge in [0, 0.05) is 38.4 Å². The summed E-state index contributed by atoms with van der Waals surface area (Å²) in [4.78, 5) is 16.6. The van der Waals surface area contributed by atoms with E-state index in [4.69, 9.17) is 0 Å². The van der Waals surface area contributed by atoms with Gasteiger partial charge in [0.2, 0.25) is 5.91 Å². The number of aryl methyl sites for hydroxylation is 1. The highest BCUT2D eigenvalue weighted by atomic mass is 16.2. The van der Waals surface area contributed by atoms with Gasteiger partial charge in [-0.25, -0.2) is 0 Å². The summed E-state index contributed by atoms with van der Waals surface area (Å²) >= 11 is 0. The van der Waals surface area contributed by atoms with Gasteiger partial charge in [0.05, 0.1) is 12.7 Å². The Morgan fingerprint density at radius 1 is 1.35 bits per heavy atom. The number of carbonyl (C=O) groups is 1. The fraction of sp³-hybridized carbons (Fsp3) is 0.444. The summed E-state index contributed by atoms with van der Waals surface area (Å²) in [6, 6.07) is 10.4. The maximum Gasteiger partial charge on any atom is 0.236 e. The monoisotopic (exact) mass is 312 g/mol. The zero-order chi connectivity index (χ0) is 16.2. The molecule has 1 saturated heterocycles. The molecule has 0 N–H and O–H groups in total. The number of hydrogen-bond donors (Lipinski definition) is 0. The first kappa shape index (κ1) is 15.7. The van der Waals surface area contributed by atoms with Crippen LogP contribution in [-0.4, -0.2) is 45.6 Å².